The number of rotatable bonds is 0. The molecule has 6 fully saturated rings. The Kier molecular flexibility index (Phi) is 15.1. The molecule has 0 aliphatic carbocycles. The van der Waals surface area contributed by atoms with Gasteiger partial charge in [0.15, 0.2) is 0 Å². The number of hydrogen-bond donors (Lipinski definition) is 0. The Morgan fingerprint density at radius 3 is 0.588 bits per heavy atom. The summed E-state index contributed by atoms with van der Waals surface area (Å²) in [7, 11) is 0. The van der Waals surface area contributed by atoms with E-state index in [0.29, 0.717) is 0 Å². The van der Waals surface area contributed by atoms with Gasteiger partial charge in [0, 0.05) is 46.0 Å². The van der Waals surface area contributed by atoms with E-state index in [1.54, 1.807) is 17.5 Å². The Labute approximate surface area is 259 Å². The molecular formula is C20H32Br2N4S8+2. The molecule has 192 valence electrons. The first kappa shape index (κ1) is 31.0. The molecule has 0 unspecified atom stereocenters. The van der Waals surface area contributed by atoms with Crippen LogP contribution in [0.5, 0.6) is 0 Å². The summed E-state index contributed by atoms with van der Waals surface area (Å²) in [5, 5.41) is 0. The summed E-state index contributed by atoms with van der Waals surface area (Å²) in [6.07, 6.45) is 0. The second kappa shape index (κ2) is 16.5. The van der Waals surface area contributed by atoms with Gasteiger partial charge in [-0.25, -0.2) is 18.3 Å². The van der Waals surface area contributed by atoms with Gasteiger partial charge in [-0.05, 0) is 94.1 Å². The maximum Gasteiger partial charge on any atom is 0.270 e. The number of thioether (sulfide) groups is 8. The van der Waals surface area contributed by atoms with E-state index in [1.165, 1.54) is 98.4 Å². The van der Waals surface area contributed by atoms with Crippen LogP contribution in [0.15, 0.2) is 0 Å². The van der Waals surface area contributed by atoms with Crippen molar-refractivity contribution in [3.05, 3.63) is 0 Å². The van der Waals surface area contributed by atoms with Crippen molar-refractivity contribution in [2.45, 2.75) is 0 Å². The predicted molar refractivity (Wildman–Crippen MR) is 160 cm³/mol. The molecule has 0 bridgehead atoms. The van der Waals surface area contributed by atoms with Gasteiger partial charge < -0.3 is 34.0 Å². The van der Waals surface area contributed by atoms with E-state index in [-0.39, 0.29) is 34.0 Å². The lowest BCUT2D eigenvalue weighted by Crippen LogP contribution is -3.00. The molecule has 14 heteroatoms. The number of piperazine rings is 2. The highest BCUT2D eigenvalue weighted by Gasteiger charge is 2.32. The maximum atomic E-state index is 2.59. The van der Waals surface area contributed by atoms with Crippen LogP contribution in [0.25, 0.3) is 0 Å². The van der Waals surface area contributed by atoms with Gasteiger partial charge >= 0.3 is 0 Å². The van der Waals surface area contributed by atoms with Gasteiger partial charge in [0.1, 0.15) is 0 Å². The smallest absolute Gasteiger partial charge is 0.270 e. The Morgan fingerprint density at radius 1 is 0.294 bits per heavy atom. The van der Waals surface area contributed by atoms with E-state index in [2.05, 4.69) is 112 Å². The lowest BCUT2D eigenvalue weighted by Gasteiger charge is -2.12. The van der Waals surface area contributed by atoms with Gasteiger partial charge in [0.2, 0.25) is 52.4 Å². The van der Waals surface area contributed by atoms with E-state index in [4.69, 9.17) is 0 Å². The fraction of sp³-hybridized carbons (Fsp3) is 0.800. The molecule has 0 aromatic rings. The molecule has 6 aliphatic heterocycles. The molecule has 4 nitrogen and oxygen atoms in total. The summed E-state index contributed by atoms with van der Waals surface area (Å²) in [5.74, 6) is 10.5. The molecule has 6 rings (SSSR count). The van der Waals surface area contributed by atoms with Crippen LogP contribution in [-0.2, 0) is 0 Å². The zero-order valence-corrected chi connectivity index (χ0v) is 28.8. The van der Waals surface area contributed by atoms with E-state index in [0.717, 1.165) is 0 Å². The molecule has 6 saturated heterocycles. The summed E-state index contributed by atoms with van der Waals surface area (Å²) in [4.78, 5) is 0. The van der Waals surface area contributed by atoms with Crippen molar-refractivity contribution in [3.8, 4) is 0 Å². The van der Waals surface area contributed by atoms with Gasteiger partial charge in [-0.3, -0.25) is 0 Å². The van der Waals surface area contributed by atoms with Gasteiger partial charge in [-0.15, -0.1) is 0 Å². The molecular weight excluding hydrogens is 713 g/mol. The van der Waals surface area contributed by atoms with Crippen LogP contribution in [-0.4, -0.2) is 134 Å². The van der Waals surface area contributed by atoms with Crippen LogP contribution in [0.3, 0.4) is 0 Å². The fourth-order valence-corrected chi connectivity index (χ4v) is 14.4. The Bertz CT molecular complexity index is 656. The first-order valence-electron chi connectivity index (χ1n) is 11.4. The molecule has 0 N–H and O–H groups in total. The summed E-state index contributed by atoms with van der Waals surface area (Å²) in [6.45, 7) is 9.78. The molecule has 0 saturated carbocycles. The molecule has 0 amide bonds. The highest BCUT2D eigenvalue weighted by molar-refractivity contribution is 8.42. The van der Waals surface area contributed by atoms with Crippen molar-refractivity contribution in [2.24, 2.45) is 0 Å². The van der Waals surface area contributed by atoms with Gasteiger partial charge in [-0.1, -0.05) is 0 Å². The molecule has 0 aromatic carbocycles. The third kappa shape index (κ3) is 8.72. The molecule has 6 aliphatic rings. The second-order valence-corrected chi connectivity index (χ2v) is 17.5. The van der Waals surface area contributed by atoms with Crippen molar-refractivity contribution in [1.29, 1.82) is 0 Å². The summed E-state index contributed by atoms with van der Waals surface area (Å²) >= 11 is 16.4. The molecule has 0 atom stereocenters. The lowest BCUT2D eigenvalue weighted by atomic mass is 10.4. The molecule has 0 spiro atoms. The third-order valence-electron chi connectivity index (χ3n) is 5.73. The third-order valence-corrected chi connectivity index (χ3v) is 16.9. The summed E-state index contributed by atoms with van der Waals surface area (Å²) in [6, 6.07) is 0. The minimum Gasteiger partial charge on any atom is -1.00 e. The van der Waals surface area contributed by atoms with Crippen LogP contribution >= 0.6 is 94.1 Å². The van der Waals surface area contributed by atoms with Crippen molar-refractivity contribution < 1.29 is 52.3 Å². The van der Waals surface area contributed by atoms with Crippen molar-refractivity contribution in [2.75, 3.05) is 98.4 Å². The molecule has 0 aromatic heterocycles. The summed E-state index contributed by atoms with van der Waals surface area (Å²) in [5.41, 5.74) is 0. The lowest BCUT2D eigenvalue weighted by molar-refractivity contribution is -0.660. The molecule has 6 heterocycles. The first-order valence-corrected chi connectivity index (χ1v) is 19.3. The minimum absolute atomic E-state index is 0. The highest BCUT2D eigenvalue weighted by atomic mass is 79.9. The Morgan fingerprint density at radius 2 is 0.441 bits per heavy atom. The van der Waals surface area contributed by atoms with Crippen LogP contribution in [0.1, 0.15) is 0 Å². The average Bonchev–Trinajstić information content (AvgIpc) is 3.69. The first-order chi connectivity index (χ1) is 15.9. The van der Waals surface area contributed by atoms with E-state index < -0.39 is 0 Å². The van der Waals surface area contributed by atoms with Gasteiger partial charge in [0.25, 0.3) is 17.5 Å². The van der Waals surface area contributed by atoms with Gasteiger partial charge in [-0.2, -0.15) is 0 Å². The topological polar surface area (TPSA) is 12.0 Å². The predicted octanol–water partition coefficient (Wildman–Crippen LogP) is -2.60. The normalized spacial score (nSPS) is 25.4. The van der Waals surface area contributed by atoms with Crippen LogP contribution in [0, 0.1) is 0 Å². The standard InChI is InChI=1S/2C10H16N2S4.2BrH/c2*1-2-12(10-15-7-8-16-10)4-3-11(1)9-13-5-6-14-9;;/h2*1-8H2;2*1H/q2*+2;;/p-2. The van der Waals surface area contributed by atoms with E-state index in [9.17, 15) is 0 Å². The maximum absolute atomic E-state index is 2.59. The van der Waals surface area contributed by atoms with Crippen LogP contribution < -0.4 is 34.0 Å². The highest BCUT2D eigenvalue weighted by Crippen LogP contribution is 2.29. The minimum atomic E-state index is 0. The number of hydrogen-bond acceptors (Lipinski definition) is 8. The zero-order valence-electron chi connectivity index (χ0n) is 19.1. The largest absolute Gasteiger partial charge is 1.00 e. The van der Waals surface area contributed by atoms with Crippen LogP contribution in [0.2, 0.25) is 0 Å². The van der Waals surface area contributed by atoms with Crippen LogP contribution in [0.4, 0.5) is 0 Å². The van der Waals surface area contributed by atoms with Crippen molar-refractivity contribution in [1.82, 2.24) is 0 Å². The number of halogens is 2. The zero-order chi connectivity index (χ0) is 21.6. The summed E-state index contributed by atoms with van der Waals surface area (Å²) < 4.78 is 16.7. The molecule has 34 heavy (non-hydrogen) atoms. The molecule has 0 radical (unpaired) electrons. The van der Waals surface area contributed by atoms with Crippen molar-refractivity contribution >= 4 is 112 Å². The Balaban J connectivity index is 0.000000180. The van der Waals surface area contributed by atoms with E-state index in [1.807, 2.05) is 0 Å². The fourth-order valence-electron chi connectivity index (χ4n) is 4.07. The number of nitrogens with zero attached hydrogens (tertiary/aromatic N) is 4. The average molecular weight is 745 g/mol. The SMILES string of the molecule is C1CSC(=[N+]2CC[N+](=C3SCCS3)CC2)S1.C1CSC(=[N+]2CC[N+](=C3SCCS3)CC2)S1.[Br-].[Br-]. The monoisotopic (exact) mass is 742 g/mol. The van der Waals surface area contributed by atoms with Gasteiger partial charge in [0.05, 0.1) is 0 Å². The Hall–Kier alpha value is 2.44. The van der Waals surface area contributed by atoms with Crippen molar-refractivity contribution in [3.63, 3.8) is 0 Å². The second-order valence-electron chi connectivity index (χ2n) is 7.80. The quantitative estimate of drug-likeness (QED) is 0.248. The van der Waals surface area contributed by atoms with E-state index >= 15 is 0 Å².